The summed E-state index contributed by atoms with van der Waals surface area (Å²) < 4.78 is 39.0. The summed E-state index contributed by atoms with van der Waals surface area (Å²) in [5.74, 6) is 1.84. The number of nitrogens with zero attached hydrogens (tertiary/aromatic N) is 6. The Bertz CT molecular complexity index is 1240. The quantitative estimate of drug-likeness (QED) is 0.316. The average Bonchev–Trinajstić information content (AvgIpc) is 3.49. The van der Waals surface area contributed by atoms with Crippen molar-refractivity contribution in [2.45, 2.75) is 39.6 Å². The molecule has 0 unspecified atom stereocenters. The fourth-order valence-corrected chi connectivity index (χ4v) is 3.97. The minimum atomic E-state index is -2.92. The van der Waals surface area contributed by atoms with Crippen LogP contribution in [0.5, 0.6) is 11.5 Å². The van der Waals surface area contributed by atoms with Crippen molar-refractivity contribution in [3.8, 4) is 11.5 Å². The largest absolute Gasteiger partial charge is 0.493 e. The molecular weight excluding hydrogens is 454 g/mol. The van der Waals surface area contributed by atoms with E-state index in [2.05, 4.69) is 42.8 Å². The molecule has 0 saturated carbocycles. The zero-order valence-electron chi connectivity index (χ0n) is 19.9. The van der Waals surface area contributed by atoms with Gasteiger partial charge in [0.25, 0.3) is 0 Å². The molecule has 10 heteroatoms. The second-order valence-electron chi connectivity index (χ2n) is 8.10. The van der Waals surface area contributed by atoms with Gasteiger partial charge in [-0.2, -0.15) is 13.9 Å². The molecule has 2 aromatic carbocycles. The van der Waals surface area contributed by atoms with Crippen LogP contribution in [0, 0.1) is 0 Å². The molecule has 35 heavy (non-hydrogen) atoms. The molecule has 2 aromatic heterocycles. The van der Waals surface area contributed by atoms with Gasteiger partial charge in [0.15, 0.2) is 11.5 Å². The lowest BCUT2D eigenvalue weighted by atomic mass is 10.1. The van der Waals surface area contributed by atoms with E-state index in [1.165, 1.54) is 13.2 Å². The third-order valence-corrected chi connectivity index (χ3v) is 5.57. The van der Waals surface area contributed by atoms with Gasteiger partial charge in [-0.3, -0.25) is 9.25 Å². The van der Waals surface area contributed by atoms with Gasteiger partial charge in [0, 0.05) is 32.4 Å². The zero-order valence-corrected chi connectivity index (χ0v) is 19.9. The summed E-state index contributed by atoms with van der Waals surface area (Å²) in [5.41, 5.74) is 3.15. The lowest BCUT2D eigenvalue weighted by molar-refractivity contribution is -0.0512. The molecule has 4 aromatic rings. The first-order chi connectivity index (χ1) is 17.0. The first-order valence-electron chi connectivity index (χ1n) is 11.3. The van der Waals surface area contributed by atoms with Gasteiger partial charge in [0.1, 0.15) is 5.82 Å². The molecule has 0 atom stereocenters. The number of hydrogen-bond acceptors (Lipinski definition) is 6. The number of halogens is 2. The van der Waals surface area contributed by atoms with Crippen molar-refractivity contribution in [2.75, 3.05) is 19.1 Å². The standard InChI is InChI=1S/C25H28F2N6O2/c1-4-23-29-30-25(31(2)15-20-9-10-21(35-24(26)27)22(14-20)34-3)33(23)17-19-8-5-7-18(13-19)16-32-12-6-11-28-32/h5-14,24H,4,15-17H2,1-3H3. The van der Waals surface area contributed by atoms with E-state index in [9.17, 15) is 8.78 Å². The molecule has 0 saturated heterocycles. The zero-order chi connectivity index (χ0) is 24.8. The van der Waals surface area contributed by atoms with E-state index in [0.29, 0.717) is 25.6 Å². The lowest BCUT2D eigenvalue weighted by Gasteiger charge is -2.21. The van der Waals surface area contributed by atoms with Gasteiger partial charge in [0.2, 0.25) is 5.95 Å². The molecule has 8 nitrogen and oxygen atoms in total. The summed E-state index contributed by atoms with van der Waals surface area (Å²) >= 11 is 0. The van der Waals surface area contributed by atoms with E-state index in [0.717, 1.165) is 28.9 Å². The first-order valence-corrected chi connectivity index (χ1v) is 11.3. The topological polar surface area (TPSA) is 70.2 Å². The monoisotopic (exact) mass is 482 g/mol. The summed E-state index contributed by atoms with van der Waals surface area (Å²) in [6.07, 6.45) is 4.45. The van der Waals surface area contributed by atoms with Crippen LogP contribution >= 0.6 is 0 Å². The number of ether oxygens (including phenoxy) is 2. The molecule has 184 valence electrons. The second kappa shape index (κ2) is 11.0. The summed E-state index contributed by atoms with van der Waals surface area (Å²) in [5, 5.41) is 13.1. The minimum Gasteiger partial charge on any atom is -0.493 e. The summed E-state index contributed by atoms with van der Waals surface area (Å²) in [6, 6.07) is 15.2. The predicted molar refractivity (Wildman–Crippen MR) is 128 cm³/mol. The maximum Gasteiger partial charge on any atom is 0.387 e. The fraction of sp³-hybridized carbons (Fsp3) is 0.320. The van der Waals surface area contributed by atoms with Gasteiger partial charge >= 0.3 is 6.61 Å². The molecule has 4 rings (SSSR count). The van der Waals surface area contributed by atoms with Crippen LogP contribution in [-0.4, -0.2) is 45.3 Å². The van der Waals surface area contributed by atoms with E-state index >= 15 is 0 Å². The Morgan fingerprint density at radius 2 is 1.77 bits per heavy atom. The third-order valence-electron chi connectivity index (χ3n) is 5.57. The highest BCUT2D eigenvalue weighted by Crippen LogP contribution is 2.30. The van der Waals surface area contributed by atoms with Crippen molar-refractivity contribution in [1.29, 1.82) is 0 Å². The number of alkyl halides is 2. The van der Waals surface area contributed by atoms with Gasteiger partial charge in [-0.15, -0.1) is 10.2 Å². The maximum atomic E-state index is 12.6. The lowest BCUT2D eigenvalue weighted by Crippen LogP contribution is -2.22. The van der Waals surface area contributed by atoms with E-state index in [1.54, 1.807) is 18.3 Å². The van der Waals surface area contributed by atoms with Crippen LogP contribution < -0.4 is 14.4 Å². The van der Waals surface area contributed by atoms with Crippen LogP contribution in [0.3, 0.4) is 0 Å². The van der Waals surface area contributed by atoms with Gasteiger partial charge in [-0.1, -0.05) is 37.3 Å². The van der Waals surface area contributed by atoms with Gasteiger partial charge in [0.05, 0.1) is 20.2 Å². The summed E-state index contributed by atoms with van der Waals surface area (Å²) in [4.78, 5) is 1.97. The normalized spacial score (nSPS) is 11.1. The Morgan fingerprint density at radius 3 is 2.46 bits per heavy atom. The van der Waals surface area contributed by atoms with Gasteiger partial charge < -0.3 is 14.4 Å². The third kappa shape index (κ3) is 5.95. The van der Waals surface area contributed by atoms with Crippen molar-refractivity contribution < 1.29 is 18.3 Å². The highest BCUT2D eigenvalue weighted by atomic mass is 19.3. The van der Waals surface area contributed by atoms with Gasteiger partial charge in [-0.05, 0) is 34.9 Å². The van der Waals surface area contributed by atoms with Crippen LogP contribution in [0.2, 0.25) is 0 Å². The first kappa shape index (κ1) is 24.2. The molecule has 0 aliphatic carbocycles. The number of aromatic nitrogens is 5. The molecule has 0 N–H and O–H groups in total. The Balaban J connectivity index is 1.53. The number of benzene rings is 2. The van der Waals surface area contributed by atoms with Crippen molar-refractivity contribution >= 4 is 5.95 Å². The van der Waals surface area contributed by atoms with E-state index < -0.39 is 6.61 Å². The van der Waals surface area contributed by atoms with Crippen molar-refractivity contribution in [1.82, 2.24) is 24.5 Å². The van der Waals surface area contributed by atoms with Crippen LogP contribution in [0.15, 0.2) is 60.9 Å². The Morgan fingerprint density at radius 1 is 0.971 bits per heavy atom. The Kier molecular flexibility index (Phi) is 7.59. The van der Waals surface area contributed by atoms with Crippen LogP contribution in [0.25, 0.3) is 0 Å². The number of rotatable bonds is 11. The van der Waals surface area contributed by atoms with Gasteiger partial charge in [-0.25, -0.2) is 0 Å². The minimum absolute atomic E-state index is 0.000308. The molecule has 2 heterocycles. The molecule has 0 aliphatic heterocycles. The number of anilines is 1. The van der Waals surface area contributed by atoms with Crippen molar-refractivity contribution in [3.05, 3.63) is 83.4 Å². The Labute approximate surface area is 202 Å². The Hall–Kier alpha value is -3.95. The predicted octanol–water partition coefficient (Wildman–Crippen LogP) is 4.38. The molecule has 0 amide bonds. The van der Waals surface area contributed by atoms with E-state index in [-0.39, 0.29) is 11.5 Å². The van der Waals surface area contributed by atoms with Crippen LogP contribution in [-0.2, 0) is 26.1 Å². The highest BCUT2D eigenvalue weighted by molar-refractivity contribution is 5.44. The SMILES string of the molecule is CCc1nnc(N(C)Cc2ccc(OC(F)F)c(OC)c2)n1Cc1cccc(Cn2cccn2)c1. The fourth-order valence-electron chi connectivity index (χ4n) is 3.97. The molecule has 0 aliphatic rings. The molecule has 0 fully saturated rings. The number of methoxy groups -OCH3 is 1. The molecular formula is C25H28F2N6O2. The summed E-state index contributed by atoms with van der Waals surface area (Å²) in [7, 11) is 3.34. The average molecular weight is 483 g/mol. The molecule has 0 spiro atoms. The summed E-state index contributed by atoms with van der Waals surface area (Å²) in [6.45, 7) is 0.926. The molecule has 0 radical (unpaired) electrons. The second-order valence-corrected chi connectivity index (χ2v) is 8.10. The smallest absolute Gasteiger partial charge is 0.387 e. The number of aryl methyl sites for hydroxylation is 1. The van der Waals surface area contributed by atoms with E-state index in [1.807, 2.05) is 41.9 Å². The maximum absolute atomic E-state index is 12.6. The van der Waals surface area contributed by atoms with Crippen molar-refractivity contribution in [3.63, 3.8) is 0 Å². The highest BCUT2D eigenvalue weighted by Gasteiger charge is 2.17. The van der Waals surface area contributed by atoms with Crippen molar-refractivity contribution in [2.24, 2.45) is 0 Å². The number of hydrogen-bond donors (Lipinski definition) is 0. The van der Waals surface area contributed by atoms with Crippen LogP contribution in [0.4, 0.5) is 14.7 Å². The molecule has 0 bridgehead atoms. The van der Waals surface area contributed by atoms with Crippen LogP contribution in [0.1, 0.15) is 29.4 Å². The van der Waals surface area contributed by atoms with E-state index in [4.69, 9.17) is 4.74 Å².